The third-order valence-corrected chi connectivity index (χ3v) is 7.24. The Hall–Kier alpha value is -4.14. The van der Waals surface area contributed by atoms with Gasteiger partial charge in [0.05, 0.1) is 17.1 Å². The van der Waals surface area contributed by atoms with Gasteiger partial charge in [-0.1, -0.05) is 73.5 Å². The van der Waals surface area contributed by atoms with Crippen molar-refractivity contribution in [3.05, 3.63) is 89.2 Å². The van der Waals surface area contributed by atoms with Gasteiger partial charge in [0.25, 0.3) is 5.91 Å². The molecule has 2 atom stereocenters. The summed E-state index contributed by atoms with van der Waals surface area (Å²) in [5, 5.41) is 12.4. The van der Waals surface area contributed by atoms with Gasteiger partial charge < -0.3 is 26.0 Å². The molecular weight excluding hydrogens is 533 g/mol. The fraction of sp³-hybridized carbons (Fsp3) is 0.424. The number of nitrogens with one attached hydrogen (secondary N) is 4. The van der Waals surface area contributed by atoms with E-state index in [0.29, 0.717) is 6.54 Å². The molecule has 224 valence electrons. The highest BCUT2D eigenvalue weighted by molar-refractivity contribution is 5.99. The maximum Gasteiger partial charge on any atom is 0.407 e. The van der Waals surface area contributed by atoms with E-state index < -0.39 is 29.0 Å². The molecule has 4 N–H and O–H groups in total. The first-order chi connectivity index (χ1) is 19.9. The second-order valence-electron chi connectivity index (χ2n) is 12.3. The molecule has 8 nitrogen and oxygen atoms in total. The number of anilines is 2. The normalized spacial score (nSPS) is 17.2. The molecule has 1 aliphatic rings. The lowest BCUT2D eigenvalue weighted by atomic mass is 9.90. The number of rotatable bonds is 9. The summed E-state index contributed by atoms with van der Waals surface area (Å²) in [6.45, 7) is 9.63. The van der Waals surface area contributed by atoms with E-state index in [1.54, 1.807) is 0 Å². The zero-order valence-corrected chi connectivity index (χ0v) is 25.1. The standard InChI is InChI=1S/C33H42FN5O3/c1-32(2,3)42-31(41)37-27-19-13-12-18-26(27)36-29-25(34)20-24(28(38-29)35-21-22-14-8-6-9-15-22)30(40)39-33(4,5)23-16-10-7-11-17-23/h6-11,14-17,20,26-27H,12-13,18-19,21H2,1-5H3,(H,37,41)(H,39,40)(H2,35,36,38). The minimum atomic E-state index is -0.703. The molecule has 42 heavy (non-hydrogen) atoms. The molecule has 2 unspecified atom stereocenters. The molecule has 1 aromatic heterocycles. The van der Waals surface area contributed by atoms with Gasteiger partial charge in [0.2, 0.25) is 0 Å². The molecule has 0 radical (unpaired) electrons. The Morgan fingerprint density at radius 2 is 1.52 bits per heavy atom. The van der Waals surface area contributed by atoms with Crippen molar-refractivity contribution in [2.45, 2.75) is 90.1 Å². The lowest BCUT2D eigenvalue weighted by Gasteiger charge is -2.34. The molecule has 1 aliphatic carbocycles. The van der Waals surface area contributed by atoms with Gasteiger partial charge >= 0.3 is 6.09 Å². The number of carbonyl (C=O) groups is 2. The Labute approximate surface area is 247 Å². The lowest BCUT2D eigenvalue weighted by molar-refractivity contribution is 0.0488. The summed E-state index contributed by atoms with van der Waals surface area (Å²) in [5.41, 5.74) is 0.684. The number of hydrogen-bond donors (Lipinski definition) is 4. The number of aromatic nitrogens is 1. The van der Waals surface area contributed by atoms with Crippen LogP contribution in [0.4, 0.5) is 20.8 Å². The van der Waals surface area contributed by atoms with Gasteiger partial charge in [0, 0.05) is 12.6 Å². The highest BCUT2D eigenvalue weighted by Crippen LogP contribution is 2.28. The molecule has 0 aliphatic heterocycles. The number of ether oxygens (including phenoxy) is 1. The van der Waals surface area contributed by atoms with Crippen LogP contribution in [0, 0.1) is 5.82 Å². The summed E-state index contributed by atoms with van der Waals surface area (Å²) < 4.78 is 21.1. The van der Waals surface area contributed by atoms with Crippen LogP contribution in [0.2, 0.25) is 0 Å². The summed E-state index contributed by atoms with van der Waals surface area (Å²) in [4.78, 5) is 30.6. The third kappa shape index (κ3) is 8.44. The first-order valence-electron chi connectivity index (χ1n) is 14.5. The highest BCUT2D eigenvalue weighted by atomic mass is 19.1. The second kappa shape index (κ2) is 13.2. The van der Waals surface area contributed by atoms with E-state index >= 15 is 4.39 Å². The average Bonchev–Trinajstić information content (AvgIpc) is 2.94. The van der Waals surface area contributed by atoms with Gasteiger partial charge in [-0.05, 0) is 64.7 Å². The smallest absolute Gasteiger partial charge is 0.407 e. The topological polar surface area (TPSA) is 104 Å². The van der Waals surface area contributed by atoms with Gasteiger partial charge in [-0.2, -0.15) is 0 Å². The molecule has 1 heterocycles. The van der Waals surface area contributed by atoms with Crippen LogP contribution in [-0.4, -0.2) is 34.7 Å². The molecule has 2 amide bonds. The third-order valence-electron chi connectivity index (χ3n) is 7.24. The van der Waals surface area contributed by atoms with Crippen molar-refractivity contribution in [2.75, 3.05) is 10.6 Å². The lowest BCUT2D eigenvalue weighted by Crippen LogP contribution is -2.50. The zero-order chi connectivity index (χ0) is 30.3. The van der Waals surface area contributed by atoms with Crippen LogP contribution in [-0.2, 0) is 16.8 Å². The number of hydrogen-bond acceptors (Lipinski definition) is 6. The quantitative estimate of drug-likeness (QED) is 0.225. The van der Waals surface area contributed by atoms with E-state index in [4.69, 9.17) is 4.74 Å². The van der Waals surface area contributed by atoms with Crippen LogP contribution in [0.3, 0.4) is 0 Å². The summed E-state index contributed by atoms with van der Waals surface area (Å²) >= 11 is 0. The zero-order valence-electron chi connectivity index (χ0n) is 25.1. The van der Waals surface area contributed by atoms with Crippen molar-refractivity contribution < 1.29 is 18.7 Å². The first kappa shape index (κ1) is 30.8. The van der Waals surface area contributed by atoms with Crippen molar-refractivity contribution in [1.29, 1.82) is 0 Å². The van der Waals surface area contributed by atoms with Crippen molar-refractivity contribution in [3.63, 3.8) is 0 Å². The van der Waals surface area contributed by atoms with Crippen LogP contribution in [0.5, 0.6) is 0 Å². The summed E-state index contributed by atoms with van der Waals surface area (Å²) in [5.74, 6) is -0.812. The maximum absolute atomic E-state index is 15.6. The summed E-state index contributed by atoms with van der Waals surface area (Å²) in [6, 6.07) is 20.0. The fourth-order valence-electron chi connectivity index (χ4n) is 5.07. The van der Waals surface area contributed by atoms with Crippen LogP contribution in [0.15, 0.2) is 66.7 Å². The Balaban J connectivity index is 1.59. The van der Waals surface area contributed by atoms with Gasteiger partial charge in [-0.15, -0.1) is 0 Å². The fourth-order valence-corrected chi connectivity index (χ4v) is 5.07. The number of alkyl carbamates (subject to hydrolysis) is 1. The van der Waals surface area contributed by atoms with Crippen LogP contribution in [0.1, 0.15) is 81.8 Å². The van der Waals surface area contributed by atoms with Crippen LogP contribution >= 0.6 is 0 Å². The van der Waals surface area contributed by atoms with E-state index in [1.807, 2.05) is 95.3 Å². The summed E-state index contributed by atoms with van der Waals surface area (Å²) in [6.07, 6.45) is 2.82. The van der Waals surface area contributed by atoms with Crippen molar-refractivity contribution >= 4 is 23.6 Å². The molecule has 3 aromatic rings. The Morgan fingerprint density at radius 3 is 2.17 bits per heavy atom. The number of benzene rings is 2. The molecule has 2 aromatic carbocycles. The van der Waals surface area contributed by atoms with E-state index in [9.17, 15) is 9.59 Å². The Bertz CT molecular complexity index is 1360. The Morgan fingerprint density at radius 1 is 0.905 bits per heavy atom. The number of halogens is 1. The molecular formula is C33H42FN5O3. The molecule has 4 rings (SSSR count). The average molecular weight is 576 g/mol. The van der Waals surface area contributed by atoms with Crippen molar-refractivity contribution in [2.24, 2.45) is 0 Å². The van der Waals surface area contributed by atoms with E-state index in [0.717, 1.165) is 36.8 Å². The van der Waals surface area contributed by atoms with E-state index in [1.165, 1.54) is 6.07 Å². The Kier molecular flexibility index (Phi) is 9.70. The van der Waals surface area contributed by atoms with Crippen LogP contribution in [0.25, 0.3) is 0 Å². The SMILES string of the molecule is CC(C)(C)OC(=O)NC1CCCCC1Nc1nc(NCc2ccccc2)c(C(=O)NC(C)(C)c2ccccc2)cc1F. The van der Waals surface area contributed by atoms with Gasteiger partial charge in [0.15, 0.2) is 11.6 Å². The number of carbonyl (C=O) groups excluding carboxylic acids is 2. The van der Waals surface area contributed by atoms with Gasteiger partial charge in [-0.3, -0.25) is 4.79 Å². The van der Waals surface area contributed by atoms with Crippen molar-refractivity contribution in [1.82, 2.24) is 15.6 Å². The van der Waals surface area contributed by atoms with Crippen LogP contribution < -0.4 is 21.3 Å². The predicted octanol–water partition coefficient (Wildman–Crippen LogP) is 6.75. The highest BCUT2D eigenvalue weighted by Gasteiger charge is 2.31. The molecule has 1 fully saturated rings. The maximum atomic E-state index is 15.6. The minimum absolute atomic E-state index is 0.0207. The monoisotopic (exact) mass is 575 g/mol. The molecule has 0 spiro atoms. The number of pyridine rings is 1. The first-order valence-corrected chi connectivity index (χ1v) is 14.5. The van der Waals surface area contributed by atoms with Gasteiger partial charge in [-0.25, -0.2) is 14.2 Å². The van der Waals surface area contributed by atoms with Gasteiger partial charge in [0.1, 0.15) is 11.4 Å². The molecule has 0 saturated heterocycles. The number of amides is 2. The molecule has 0 bridgehead atoms. The largest absolute Gasteiger partial charge is 0.444 e. The molecule has 1 saturated carbocycles. The van der Waals surface area contributed by atoms with E-state index in [2.05, 4.69) is 26.3 Å². The summed E-state index contributed by atoms with van der Waals surface area (Å²) in [7, 11) is 0. The second-order valence-corrected chi connectivity index (χ2v) is 12.3. The van der Waals surface area contributed by atoms with E-state index in [-0.39, 0.29) is 29.3 Å². The molecule has 9 heteroatoms. The number of nitrogens with zero attached hydrogens (tertiary/aromatic N) is 1. The minimum Gasteiger partial charge on any atom is -0.444 e. The van der Waals surface area contributed by atoms with Crippen molar-refractivity contribution in [3.8, 4) is 0 Å². The predicted molar refractivity (Wildman–Crippen MR) is 164 cm³/mol.